The van der Waals surface area contributed by atoms with Gasteiger partial charge in [0.05, 0.1) is 21.7 Å². The van der Waals surface area contributed by atoms with E-state index in [4.69, 9.17) is 23.2 Å². The Morgan fingerprint density at radius 2 is 1.88 bits per heavy atom. The molecule has 0 amide bonds. The van der Waals surface area contributed by atoms with Crippen LogP contribution in [0.1, 0.15) is 10.4 Å². The number of aromatic carboxylic acids is 1. The van der Waals surface area contributed by atoms with Crippen LogP contribution in [0.25, 0.3) is 0 Å². The van der Waals surface area contributed by atoms with Crippen molar-refractivity contribution in [1.29, 1.82) is 0 Å². The first-order valence-electron chi connectivity index (χ1n) is 3.48. The second-order valence-electron chi connectivity index (χ2n) is 2.44. The number of anilines is 1. The van der Waals surface area contributed by atoms with Gasteiger partial charge in [0, 0.05) is 16.8 Å². The molecular formula is C7H3Cl2NNaO4S-. The number of carboxylic acid groups (broad SMARTS) is 1. The molecule has 1 N–H and O–H groups in total. The fraction of sp³-hybridized carbons (Fsp3) is 0. The summed E-state index contributed by atoms with van der Waals surface area (Å²) in [7, 11) is 0. The van der Waals surface area contributed by atoms with Crippen LogP contribution in [0.15, 0.2) is 12.1 Å². The standard InChI is InChI=1S/C7H5Cl2NO4S.Na/c8-4-2-5(9)6(10-15(13)14)1-3(4)7(11)12;/h1-2,10H,(H,11,12)(H,13,14);/q;+1/p-2. The fourth-order valence-electron chi connectivity index (χ4n) is 0.873. The Morgan fingerprint density at radius 3 is 2.31 bits per heavy atom. The average molecular weight is 291 g/mol. The number of nitrogens with one attached hydrogen (secondary N) is 1. The Morgan fingerprint density at radius 1 is 1.31 bits per heavy atom. The monoisotopic (exact) mass is 290 g/mol. The largest absolute Gasteiger partial charge is 1.00 e. The summed E-state index contributed by atoms with van der Waals surface area (Å²) in [4.78, 5) is 10.6. The Balaban J connectivity index is 0.00000225. The van der Waals surface area contributed by atoms with Gasteiger partial charge in [-0.2, -0.15) is 0 Å². The predicted octanol–water partition coefficient (Wildman–Crippen LogP) is -2.43. The van der Waals surface area contributed by atoms with Crippen molar-refractivity contribution in [1.82, 2.24) is 0 Å². The molecule has 1 aromatic carbocycles. The van der Waals surface area contributed by atoms with Gasteiger partial charge in [-0.1, -0.05) is 23.2 Å². The number of rotatable bonds is 3. The Kier molecular flexibility index (Phi) is 6.88. The number of hydrogen-bond donors (Lipinski definition) is 1. The van der Waals surface area contributed by atoms with Gasteiger partial charge in [-0.05, 0) is 12.1 Å². The van der Waals surface area contributed by atoms with E-state index >= 15 is 0 Å². The molecule has 0 heterocycles. The molecule has 0 fully saturated rings. The Labute approximate surface area is 126 Å². The van der Waals surface area contributed by atoms with Crippen molar-refractivity contribution < 1.29 is 48.2 Å². The minimum atomic E-state index is -2.60. The molecule has 9 heteroatoms. The Hall–Kier alpha value is 0.180. The molecule has 1 aromatic rings. The maximum Gasteiger partial charge on any atom is 1.00 e. The fourth-order valence-corrected chi connectivity index (χ4v) is 1.79. The summed E-state index contributed by atoms with van der Waals surface area (Å²) in [5.41, 5.74) is -0.414. The zero-order valence-electron chi connectivity index (χ0n) is 7.95. The molecule has 0 aliphatic heterocycles. The number of halogens is 2. The van der Waals surface area contributed by atoms with Crippen LogP contribution in [0, 0.1) is 0 Å². The van der Waals surface area contributed by atoms with E-state index in [1.54, 1.807) is 0 Å². The molecule has 0 spiro atoms. The molecule has 0 radical (unpaired) electrons. The van der Waals surface area contributed by atoms with Crippen LogP contribution >= 0.6 is 23.2 Å². The van der Waals surface area contributed by atoms with E-state index in [2.05, 4.69) is 0 Å². The number of carbonyl (C=O) groups excluding carboxylic acids is 1. The minimum Gasteiger partial charge on any atom is -0.755 e. The maximum absolute atomic E-state index is 10.6. The summed E-state index contributed by atoms with van der Waals surface area (Å²) in [6.45, 7) is 0. The maximum atomic E-state index is 10.6. The van der Waals surface area contributed by atoms with Crippen molar-refractivity contribution >= 4 is 46.1 Å². The van der Waals surface area contributed by atoms with Gasteiger partial charge >= 0.3 is 29.6 Å². The summed E-state index contributed by atoms with van der Waals surface area (Å²) >= 11 is 8.57. The van der Waals surface area contributed by atoms with Crippen LogP contribution in [0.5, 0.6) is 0 Å². The van der Waals surface area contributed by atoms with Gasteiger partial charge in [-0.15, -0.1) is 0 Å². The van der Waals surface area contributed by atoms with Gasteiger partial charge in [0.15, 0.2) is 0 Å². The van der Waals surface area contributed by atoms with E-state index in [-0.39, 0.29) is 50.9 Å². The molecule has 0 aromatic heterocycles. The molecule has 82 valence electrons. The zero-order chi connectivity index (χ0) is 11.6. The Bertz CT molecular complexity index is 443. The third kappa shape index (κ3) is 4.21. The van der Waals surface area contributed by atoms with Crippen molar-refractivity contribution in [2.45, 2.75) is 0 Å². The van der Waals surface area contributed by atoms with E-state index in [1.807, 2.05) is 4.72 Å². The SMILES string of the molecule is O=C([O-])c1cc(NS(=O)[O-])c(Cl)cc1Cl.[Na+]. The number of carbonyl (C=O) groups is 1. The van der Waals surface area contributed by atoms with Crippen molar-refractivity contribution in [2.75, 3.05) is 4.72 Å². The summed E-state index contributed by atoms with van der Waals surface area (Å²) in [6, 6.07) is 2.10. The van der Waals surface area contributed by atoms with Crippen LogP contribution in [0.2, 0.25) is 10.0 Å². The number of hydrogen-bond acceptors (Lipinski definition) is 4. The predicted molar refractivity (Wildman–Crippen MR) is 53.3 cm³/mol. The quantitative estimate of drug-likeness (QED) is 0.495. The molecule has 0 saturated heterocycles. The van der Waals surface area contributed by atoms with E-state index in [0.29, 0.717) is 0 Å². The molecular weight excluding hydrogens is 288 g/mol. The van der Waals surface area contributed by atoms with Gasteiger partial charge in [-0.3, -0.25) is 4.21 Å². The first kappa shape index (κ1) is 16.2. The van der Waals surface area contributed by atoms with Crippen molar-refractivity contribution in [3.8, 4) is 0 Å². The summed E-state index contributed by atoms with van der Waals surface area (Å²) in [5.74, 6) is -1.52. The second kappa shape index (κ2) is 6.80. The van der Waals surface area contributed by atoms with Gasteiger partial charge in [-0.25, -0.2) is 0 Å². The normalized spacial score (nSPS) is 11.4. The van der Waals surface area contributed by atoms with E-state index in [0.717, 1.165) is 12.1 Å². The summed E-state index contributed by atoms with van der Waals surface area (Å²) in [5, 5.41) is 10.4. The van der Waals surface area contributed by atoms with Gasteiger partial charge in [0.25, 0.3) is 0 Å². The minimum absolute atomic E-state index is 0. The van der Waals surface area contributed by atoms with Crippen LogP contribution in [0.3, 0.4) is 0 Å². The zero-order valence-corrected chi connectivity index (χ0v) is 12.3. The van der Waals surface area contributed by atoms with E-state index < -0.39 is 17.2 Å². The third-order valence-electron chi connectivity index (χ3n) is 1.47. The van der Waals surface area contributed by atoms with Gasteiger partial charge in [0.2, 0.25) is 0 Å². The molecule has 1 atom stereocenters. The van der Waals surface area contributed by atoms with E-state index in [1.165, 1.54) is 0 Å². The smallest absolute Gasteiger partial charge is 0.755 e. The van der Waals surface area contributed by atoms with Crippen LogP contribution in [-0.2, 0) is 11.3 Å². The van der Waals surface area contributed by atoms with Crippen molar-refractivity contribution in [2.24, 2.45) is 0 Å². The molecule has 1 unspecified atom stereocenters. The molecule has 1 rings (SSSR count). The molecule has 0 aliphatic carbocycles. The second-order valence-corrected chi connectivity index (χ2v) is 3.92. The van der Waals surface area contributed by atoms with Gasteiger partial charge in [0.1, 0.15) is 0 Å². The molecule has 16 heavy (non-hydrogen) atoms. The molecule has 0 saturated carbocycles. The van der Waals surface area contributed by atoms with E-state index in [9.17, 15) is 18.7 Å². The summed E-state index contributed by atoms with van der Waals surface area (Å²) in [6.07, 6.45) is 0. The van der Waals surface area contributed by atoms with Crippen molar-refractivity contribution in [3.63, 3.8) is 0 Å². The summed E-state index contributed by atoms with van der Waals surface area (Å²) < 4.78 is 22.6. The average Bonchev–Trinajstić information content (AvgIpc) is 2.08. The topological polar surface area (TPSA) is 92.3 Å². The van der Waals surface area contributed by atoms with Crippen LogP contribution < -0.4 is 39.4 Å². The van der Waals surface area contributed by atoms with Crippen molar-refractivity contribution in [3.05, 3.63) is 27.7 Å². The number of carboxylic acids is 1. The van der Waals surface area contributed by atoms with Gasteiger partial charge < -0.3 is 19.2 Å². The molecule has 0 aliphatic rings. The number of benzene rings is 1. The first-order valence-corrected chi connectivity index (χ1v) is 5.31. The van der Waals surface area contributed by atoms with Crippen LogP contribution in [-0.4, -0.2) is 14.7 Å². The molecule has 0 bridgehead atoms. The van der Waals surface area contributed by atoms with Crippen LogP contribution in [0.4, 0.5) is 5.69 Å². The third-order valence-corrected chi connectivity index (χ3v) is 2.48. The molecule has 5 nitrogen and oxygen atoms in total. The first-order chi connectivity index (χ1) is 6.91.